The van der Waals surface area contributed by atoms with E-state index in [4.69, 9.17) is 9.47 Å². The predicted octanol–water partition coefficient (Wildman–Crippen LogP) is 6.14. The standard InChI is InChI=1S/C27H37BrN2O5S/c1-17(2)34-20(19-13-11-10-12-14-19)15-30(16-31)24-21(18(3)22(28)36-24)23(32)29(9)27(7,8)25(33)35-26(4,5)6/h10-14,16-17,20H,15H2,1-9H3. The molecule has 2 amide bonds. The number of rotatable bonds is 10. The van der Waals surface area contributed by atoms with E-state index in [0.717, 1.165) is 9.35 Å². The second-order valence-electron chi connectivity index (χ2n) is 10.4. The number of carbonyl (C=O) groups is 3. The average molecular weight is 582 g/mol. The van der Waals surface area contributed by atoms with Crippen molar-refractivity contribution in [3.63, 3.8) is 0 Å². The molecule has 0 fully saturated rings. The van der Waals surface area contributed by atoms with E-state index in [1.165, 1.54) is 21.1 Å². The topological polar surface area (TPSA) is 76.2 Å². The lowest BCUT2D eigenvalue weighted by Crippen LogP contribution is -2.53. The van der Waals surface area contributed by atoms with Crippen LogP contribution >= 0.6 is 27.3 Å². The SMILES string of the molecule is Cc1c(Br)sc(N(C=O)CC(OC(C)C)c2ccccc2)c1C(=O)N(C)C(C)(C)C(=O)OC(C)(C)C. The average Bonchev–Trinajstić information content (AvgIpc) is 3.08. The molecule has 0 saturated carbocycles. The zero-order chi connectivity index (χ0) is 27.4. The Morgan fingerprint density at radius 3 is 2.19 bits per heavy atom. The highest BCUT2D eigenvalue weighted by atomic mass is 79.9. The fourth-order valence-electron chi connectivity index (χ4n) is 3.46. The van der Waals surface area contributed by atoms with E-state index >= 15 is 0 Å². The first-order chi connectivity index (χ1) is 16.6. The fraction of sp³-hybridized carbons (Fsp3) is 0.519. The molecule has 1 heterocycles. The van der Waals surface area contributed by atoms with Gasteiger partial charge in [-0.25, -0.2) is 4.79 Å². The number of likely N-dealkylation sites (N-methyl/N-ethyl adjacent to an activating group) is 1. The van der Waals surface area contributed by atoms with Crippen molar-refractivity contribution in [3.8, 4) is 0 Å². The molecule has 1 atom stereocenters. The molecule has 1 aromatic heterocycles. The summed E-state index contributed by atoms with van der Waals surface area (Å²) in [5.41, 5.74) is 0.0552. The Labute approximate surface area is 226 Å². The van der Waals surface area contributed by atoms with Gasteiger partial charge in [0.2, 0.25) is 6.41 Å². The maximum atomic E-state index is 13.8. The Morgan fingerprint density at radius 1 is 1.11 bits per heavy atom. The normalized spacial score (nSPS) is 12.9. The van der Waals surface area contributed by atoms with Crippen LogP contribution in [0.3, 0.4) is 0 Å². The summed E-state index contributed by atoms with van der Waals surface area (Å²) in [6, 6.07) is 9.67. The molecular weight excluding hydrogens is 544 g/mol. The van der Waals surface area contributed by atoms with Crippen LogP contribution < -0.4 is 4.90 Å². The van der Waals surface area contributed by atoms with Crippen molar-refractivity contribution >= 4 is 50.6 Å². The highest BCUT2D eigenvalue weighted by Crippen LogP contribution is 2.41. The predicted molar refractivity (Wildman–Crippen MR) is 148 cm³/mol. The highest BCUT2D eigenvalue weighted by Gasteiger charge is 2.41. The third-order valence-corrected chi connectivity index (χ3v) is 7.88. The first kappa shape index (κ1) is 30.0. The van der Waals surface area contributed by atoms with Crippen molar-refractivity contribution in [2.75, 3.05) is 18.5 Å². The van der Waals surface area contributed by atoms with Crippen LogP contribution in [-0.4, -0.2) is 54.0 Å². The lowest BCUT2D eigenvalue weighted by molar-refractivity contribution is -0.165. The number of ether oxygens (including phenoxy) is 2. The van der Waals surface area contributed by atoms with Crippen molar-refractivity contribution in [1.29, 1.82) is 0 Å². The molecule has 0 spiro atoms. The number of hydrogen-bond acceptors (Lipinski definition) is 6. The molecule has 0 saturated heterocycles. The molecular formula is C27H37BrN2O5S. The van der Waals surface area contributed by atoms with Crippen LogP contribution in [-0.2, 0) is 19.1 Å². The number of halogens is 1. The number of hydrogen-bond donors (Lipinski definition) is 0. The third kappa shape index (κ3) is 7.17. The molecule has 1 aromatic carbocycles. The van der Waals surface area contributed by atoms with Crippen LogP contribution in [0.4, 0.5) is 5.00 Å². The minimum absolute atomic E-state index is 0.0672. The molecule has 2 rings (SSSR count). The molecule has 7 nitrogen and oxygen atoms in total. The summed E-state index contributed by atoms with van der Waals surface area (Å²) in [5, 5.41) is 0.486. The van der Waals surface area contributed by atoms with Crippen molar-refractivity contribution in [3.05, 3.63) is 50.8 Å². The van der Waals surface area contributed by atoms with E-state index < -0.39 is 23.2 Å². The summed E-state index contributed by atoms with van der Waals surface area (Å²) in [5.74, 6) is -0.894. The van der Waals surface area contributed by atoms with Crippen molar-refractivity contribution in [1.82, 2.24) is 4.90 Å². The molecule has 0 aliphatic carbocycles. The summed E-state index contributed by atoms with van der Waals surface area (Å²) in [7, 11) is 1.57. The van der Waals surface area contributed by atoms with E-state index in [2.05, 4.69) is 15.9 Å². The van der Waals surface area contributed by atoms with E-state index in [-0.39, 0.29) is 18.6 Å². The Kier molecular flexibility index (Phi) is 9.90. The van der Waals surface area contributed by atoms with E-state index in [1.807, 2.05) is 51.1 Å². The summed E-state index contributed by atoms with van der Waals surface area (Å²) < 4.78 is 12.4. The summed E-state index contributed by atoms with van der Waals surface area (Å²) in [6.07, 6.45) is 0.256. The van der Waals surface area contributed by atoms with Crippen LogP contribution in [0.2, 0.25) is 0 Å². The fourth-order valence-corrected chi connectivity index (χ4v) is 5.12. The van der Waals surface area contributed by atoms with Crippen molar-refractivity contribution in [2.45, 2.75) is 78.7 Å². The van der Waals surface area contributed by atoms with Crippen molar-refractivity contribution < 1.29 is 23.9 Å². The number of thiophene rings is 1. The van der Waals surface area contributed by atoms with Gasteiger partial charge in [0.1, 0.15) is 22.2 Å². The number of esters is 1. The second-order valence-corrected chi connectivity index (χ2v) is 12.8. The van der Waals surface area contributed by atoms with Gasteiger partial charge < -0.3 is 19.3 Å². The maximum absolute atomic E-state index is 13.8. The Morgan fingerprint density at radius 2 is 1.69 bits per heavy atom. The summed E-state index contributed by atoms with van der Waals surface area (Å²) >= 11 is 4.83. The summed E-state index contributed by atoms with van der Waals surface area (Å²) in [6.45, 7) is 14.6. The van der Waals surface area contributed by atoms with Gasteiger partial charge in [0.25, 0.3) is 5.91 Å². The number of anilines is 1. The number of nitrogens with zero attached hydrogens (tertiary/aromatic N) is 2. The second kappa shape index (κ2) is 11.9. The first-order valence-corrected chi connectivity index (χ1v) is 13.4. The largest absolute Gasteiger partial charge is 0.458 e. The van der Waals surface area contributed by atoms with Crippen LogP contribution in [0, 0.1) is 6.92 Å². The zero-order valence-electron chi connectivity index (χ0n) is 22.5. The van der Waals surface area contributed by atoms with Gasteiger partial charge in [-0.1, -0.05) is 30.3 Å². The van der Waals surface area contributed by atoms with Gasteiger partial charge in [-0.3, -0.25) is 9.59 Å². The van der Waals surface area contributed by atoms with Crippen LogP contribution in [0.25, 0.3) is 0 Å². The minimum atomic E-state index is -1.23. The first-order valence-electron chi connectivity index (χ1n) is 11.8. The van der Waals surface area contributed by atoms with Gasteiger partial charge in [0, 0.05) is 7.05 Å². The Hall–Kier alpha value is -2.23. The van der Waals surface area contributed by atoms with Crippen LogP contribution in [0.5, 0.6) is 0 Å². The van der Waals surface area contributed by atoms with E-state index in [1.54, 1.807) is 41.7 Å². The van der Waals surface area contributed by atoms with E-state index in [0.29, 0.717) is 22.5 Å². The van der Waals surface area contributed by atoms with Crippen molar-refractivity contribution in [2.24, 2.45) is 0 Å². The molecule has 0 radical (unpaired) electrons. The molecule has 0 N–H and O–H groups in total. The molecule has 0 aliphatic rings. The monoisotopic (exact) mass is 580 g/mol. The third-order valence-electron chi connectivity index (χ3n) is 5.68. The van der Waals surface area contributed by atoms with Gasteiger partial charge in [-0.2, -0.15) is 0 Å². The lowest BCUT2D eigenvalue weighted by atomic mass is 10.0. The highest BCUT2D eigenvalue weighted by molar-refractivity contribution is 9.11. The quantitative estimate of drug-likeness (QED) is 0.249. The summed E-state index contributed by atoms with van der Waals surface area (Å²) in [4.78, 5) is 41.9. The molecule has 2 aromatic rings. The number of benzene rings is 1. The van der Waals surface area contributed by atoms with Gasteiger partial charge in [-0.05, 0) is 82.4 Å². The molecule has 9 heteroatoms. The zero-order valence-corrected chi connectivity index (χ0v) is 25.0. The molecule has 198 valence electrons. The lowest BCUT2D eigenvalue weighted by Gasteiger charge is -2.36. The van der Waals surface area contributed by atoms with E-state index in [9.17, 15) is 14.4 Å². The maximum Gasteiger partial charge on any atom is 0.331 e. The van der Waals surface area contributed by atoms with Gasteiger partial charge >= 0.3 is 5.97 Å². The van der Waals surface area contributed by atoms with Gasteiger partial charge in [-0.15, -0.1) is 11.3 Å². The molecule has 36 heavy (non-hydrogen) atoms. The minimum Gasteiger partial charge on any atom is -0.458 e. The van der Waals surface area contributed by atoms with Gasteiger partial charge in [0.05, 0.1) is 22.0 Å². The molecule has 0 aliphatic heterocycles. The van der Waals surface area contributed by atoms with Crippen LogP contribution in [0.1, 0.15) is 76.1 Å². The Bertz CT molecular complexity index is 1080. The van der Waals surface area contributed by atoms with Crippen LogP contribution in [0.15, 0.2) is 34.1 Å². The number of carbonyl (C=O) groups excluding carboxylic acids is 3. The number of amides is 2. The Balaban J connectivity index is 2.46. The molecule has 0 bridgehead atoms. The van der Waals surface area contributed by atoms with Gasteiger partial charge in [0.15, 0.2) is 0 Å². The molecule has 1 unspecified atom stereocenters. The smallest absolute Gasteiger partial charge is 0.331 e.